The molecule has 8 nitrogen and oxygen atoms in total. The van der Waals surface area contributed by atoms with Crippen LogP contribution in [0.4, 0.5) is 0 Å². The van der Waals surface area contributed by atoms with Crippen LogP contribution in [0.2, 0.25) is 5.02 Å². The molecule has 1 aliphatic rings. The second-order valence-corrected chi connectivity index (χ2v) is 8.28. The fourth-order valence-electron chi connectivity index (χ4n) is 2.53. The molecule has 0 spiro atoms. The molecule has 10 heteroatoms. The van der Waals surface area contributed by atoms with Crippen LogP contribution in [0.15, 0.2) is 34.3 Å². The largest absolute Gasteiger partial charge is 0.370 e. The first-order chi connectivity index (χ1) is 11.7. The number of aromatic nitrogens is 2. The van der Waals surface area contributed by atoms with E-state index in [0.29, 0.717) is 16.9 Å². The number of guanidine groups is 1. The molecule has 1 aliphatic carbocycles. The first kappa shape index (κ1) is 17.4. The van der Waals surface area contributed by atoms with Crippen LogP contribution in [0, 0.1) is 0 Å². The molecule has 0 atom stereocenters. The van der Waals surface area contributed by atoms with Crippen molar-refractivity contribution in [2.45, 2.75) is 23.7 Å². The van der Waals surface area contributed by atoms with E-state index in [2.05, 4.69) is 10.1 Å². The Morgan fingerprint density at radius 1 is 1.36 bits per heavy atom. The highest BCUT2D eigenvalue weighted by molar-refractivity contribution is 7.90. The summed E-state index contributed by atoms with van der Waals surface area (Å²) >= 11 is 6.26. The Balaban J connectivity index is 2.11. The Kier molecular flexibility index (Phi) is 4.29. The quantitative estimate of drug-likeness (QED) is 0.604. The number of halogens is 1. The topological polar surface area (TPSA) is 133 Å². The summed E-state index contributed by atoms with van der Waals surface area (Å²) < 4.78 is 24.8. The van der Waals surface area contributed by atoms with Crippen LogP contribution in [0.5, 0.6) is 0 Å². The number of carbonyl (C=O) groups excluding carboxylic acids is 1. The first-order valence-electron chi connectivity index (χ1n) is 7.40. The van der Waals surface area contributed by atoms with Crippen molar-refractivity contribution in [2.24, 2.45) is 16.5 Å². The molecule has 1 fully saturated rings. The lowest BCUT2D eigenvalue weighted by Crippen LogP contribution is -2.24. The molecule has 1 aromatic heterocycles. The molecule has 1 heterocycles. The number of benzene rings is 1. The highest BCUT2D eigenvalue weighted by Crippen LogP contribution is 2.43. The zero-order chi connectivity index (χ0) is 18.4. The van der Waals surface area contributed by atoms with Crippen molar-refractivity contribution in [2.75, 3.05) is 6.26 Å². The van der Waals surface area contributed by atoms with Gasteiger partial charge in [0.25, 0.3) is 5.91 Å². The number of carbonyl (C=O) groups is 1. The molecule has 2 aromatic rings. The monoisotopic (exact) mass is 381 g/mol. The molecule has 132 valence electrons. The van der Waals surface area contributed by atoms with Gasteiger partial charge in [-0.25, -0.2) is 13.1 Å². The summed E-state index contributed by atoms with van der Waals surface area (Å²) in [4.78, 5) is 15.9. The smallest absolute Gasteiger partial charge is 0.283 e. The van der Waals surface area contributed by atoms with Crippen molar-refractivity contribution in [3.8, 4) is 5.69 Å². The lowest BCUT2D eigenvalue weighted by atomic mass is 10.1. The molecule has 4 N–H and O–H groups in total. The highest BCUT2D eigenvalue weighted by Gasteiger charge is 2.33. The summed E-state index contributed by atoms with van der Waals surface area (Å²) in [6.07, 6.45) is 4.32. The van der Waals surface area contributed by atoms with E-state index in [1.807, 2.05) is 0 Å². The molecule has 1 saturated carbocycles. The number of sulfone groups is 1. The van der Waals surface area contributed by atoms with Gasteiger partial charge in [0.1, 0.15) is 0 Å². The lowest BCUT2D eigenvalue weighted by Gasteiger charge is -2.11. The molecule has 0 radical (unpaired) electrons. The van der Waals surface area contributed by atoms with E-state index in [1.54, 1.807) is 10.7 Å². The van der Waals surface area contributed by atoms with Crippen LogP contribution in [0.1, 0.15) is 34.8 Å². The number of nitrogens with two attached hydrogens (primary N) is 2. The third kappa shape index (κ3) is 3.52. The summed E-state index contributed by atoms with van der Waals surface area (Å²) in [7, 11) is -3.37. The van der Waals surface area contributed by atoms with Crippen molar-refractivity contribution in [1.29, 1.82) is 0 Å². The maximum atomic E-state index is 12.2. The van der Waals surface area contributed by atoms with Crippen molar-refractivity contribution >= 4 is 33.3 Å². The second-order valence-electron chi connectivity index (χ2n) is 5.86. The summed E-state index contributed by atoms with van der Waals surface area (Å²) in [5, 5.41) is 4.46. The SMILES string of the molecule is CS(=O)(=O)c1ccc(-n2ncc(C(=O)N=C(N)N)c2C2CC2)c(Cl)c1. The Hall–Kier alpha value is -2.39. The standard InChI is InChI=1S/C15H16ClN5O3S/c1-25(23,24)9-4-5-12(11(16)6-9)21-13(8-2-3-8)10(7-19-21)14(22)20-15(17)18/h4-8H,2-3H2,1H3,(H4,17,18,20,22). The zero-order valence-electron chi connectivity index (χ0n) is 13.3. The van der Waals surface area contributed by atoms with Crippen LogP contribution in [0.3, 0.4) is 0 Å². The van der Waals surface area contributed by atoms with Crippen LogP contribution in [-0.2, 0) is 9.84 Å². The van der Waals surface area contributed by atoms with E-state index in [4.69, 9.17) is 23.1 Å². The number of nitrogens with zero attached hydrogens (tertiary/aromatic N) is 3. The van der Waals surface area contributed by atoms with Gasteiger partial charge in [0.15, 0.2) is 15.8 Å². The number of amides is 1. The Morgan fingerprint density at radius 3 is 2.56 bits per heavy atom. The highest BCUT2D eigenvalue weighted by atomic mass is 35.5. The van der Waals surface area contributed by atoms with Gasteiger partial charge in [0.05, 0.1) is 33.1 Å². The summed E-state index contributed by atoms with van der Waals surface area (Å²) in [6.45, 7) is 0. The third-order valence-corrected chi connectivity index (χ3v) is 5.22. The van der Waals surface area contributed by atoms with Crippen LogP contribution in [0.25, 0.3) is 5.69 Å². The Morgan fingerprint density at radius 2 is 2.04 bits per heavy atom. The van der Waals surface area contributed by atoms with Crippen LogP contribution < -0.4 is 11.5 Å². The minimum atomic E-state index is -3.37. The molecule has 1 aromatic carbocycles. The zero-order valence-corrected chi connectivity index (χ0v) is 14.9. The van der Waals surface area contributed by atoms with E-state index >= 15 is 0 Å². The van der Waals surface area contributed by atoms with Gasteiger partial charge < -0.3 is 11.5 Å². The van der Waals surface area contributed by atoms with E-state index in [0.717, 1.165) is 19.1 Å². The van der Waals surface area contributed by atoms with Crippen molar-refractivity contribution in [3.05, 3.63) is 40.7 Å². The number of rotatable bonds is 4. The fourth-order valence-corrected chi connectivity index (χ4v) is 3.50. The molecule has 25 heavy (non-hydrogen) atoms. The van der Waals surface area contributed by atoms with Gasteiger partial charge >= 0.3 is 0 Å². The predicted octanol–water partition coefficient (Wildman–Crippen LogP) is 1.22. The van der Waals surface area contributed by atoms with Crippen LogP contribution in [-0.4, -0.2) is 36.3 Å². The van der Waals surface area contributed by atoms with Crippen molar-refractivity contribution in [3.63, 3.8) is 0 Å². The minimum absolute atomic E-state index is 0.109. The molecule has 0 unspecified atom stereocenters. The third-order valence-electron chi connectivity index (χ3n) is 3.81. The van der Waals surface area contributed by atoms with Gasteiger partial charge in [-0.2, -0.15) is 10.1 Å². The van der Waals surface area contributed by atoms with E-state index < -0.39 is 15.7 Å². The molecule has 1 amide bonds. The van der Waals surface area contributed by atoms with Crippen molar-refractivity contribution in [1.82, 2.24) is 9.78 Å². The summed E-state index contributed by atoms with van der Waals surface area (Å²) in [6, 6.07) is 4.38. The Labute approximate surface area is 149 Å². The summed E-state index contributed by atoms with van der Waals surface area (Å²) in [5.41, 5.74) is 12.0. The number of hydrogen-bond acceptors (Lipinski definition) is 4. The van der Waals surface area contributed by atoms with E-state index in [-0.39, 0.29) is 21.8 Å². The van der Waals surface area contributed by atoms with Gasteiger partial charge in [-0.1, -0.05) is 11.6 Å². The average Bonchev–Trinajstić information content (AvgIpc) is 3.24. The maximum absolute atomic E-state index is 12.2. The van der Waals surface area contributed by atoms with Gasteiger partial charge in [0, 0.05) is 12.2 Å². The minimum Gasteiger partial charge on any atom is -0.370 e. The van der Waals surface area contributed by atoms with Gasteiger partial charge in [-0.3, -0.25) is 4.79 Å². The number of aliphatic imine (C=N–C) groups is 1. The predicted molar refractivity (Wildman–Crippen MR) is 93.8 cm³/mol. The maximum Gasteiger partial charge on any atom is 0.283 e. The van der Waals surface area contributed by atoms with E-state index in [9.17, 15) is 13.2 Å². The van der Waals surface area contributed by atoms with Gasteiger partial charge in [-0.05, 0) is 31.0 Å². The van der Waals surface area contributed by atoms with Crippen molar-refractivity contribution < 1.29 is 13.2 Å². The lowest BCUT2D eigenvalue weighted by molar-refractivity contribution is 0.100. The summed E-state index contributed by atoms with van der Waals surface area (Å²) in [5.74, 6) is -0.742. The molecule has 0 bridgehead atoms. The number of hydrogen-bond donors (Lipinski definition) is 2. The average molecular weight is 382 g/mol. The van der Waals surface area contributed by atoms with Gasteiger partial charge in [0.2, 0.25) is 0 Å². The molecule has 3 rings (SSSR count). The molecule has 0 aliphatic heterocycles. The molecular formula is C15H16ClN5O3S. The van der Waals surface area contributed by atoms with Crippen LogP contribution >= 0.6 is 11.6 Å². The van der Waals surface area contributed by atoms with Gasteiger partial charge in [-0.15, -0.1) is 0 Å². The normalized spacial score (nSPS) is 14.3. The second kappa shape index (κ2) is 6.16. The first-order valence-corrected chi connectivity index (χ1v) is 9.67. The fraction of sp³-hybridized carbons (Fsp3) is 0.267. The molecular weight excluding hydrogens is 366 g/mol. The molecule has 0 saturated heterocycles. The van der Waals surface area contributed by atoms with E-state index in [1.165, 1.54) is 18.3 Å². The Bertz CT molecular complexity index is 989.